The van der Waals surface area contributed by atoms with Crippen molar-refractivity contribution in [3.05, 3.63) is 0 Å². The molecule has 0 aromatic carbocycles. The lowest BCUT2D eigenvalue weighted by atomic mass is 10.3. The van der Waals surface area contributed by atoms with Gasteiger partial charge in [-0.05, 0) is 0 Å². The van der Waals surface area contributed by atoms with E-state index in [1.165, 1.54) is 12.2 Å². The Labute approximate surface area is 99.8 Å². The molecule has 11 heteroatoms. The second-order valence-electron chi connectivity index (χ2n) is 3.14. The van der Waals surface area contributed by atoms with Gasteiger partial charge in [0.25, 0.3) is 5.91 Å². The summed E-state index contributed by atoms with van der Waals surface area (Å²) in [6.07, 6.45) is -6.02. The zero-order valence-electron chi connectivity index (χ0n) is 9.14. The Balaban J connectivity index is 4.38. The summed E-state index contributed by atoms with van der Waals surface area (Å²) in [6.45, 7) is 0.642. The van der Waals surface area contributed by atoms with Crippen molar-refractivity contribution in [2.75, 3.05) is 18.8 Å². The molecule has 0 radical (unpaired) electrons. The van der Waals surface area contributed by atoms with Crippen LogP contribution in [0.4, 0.5) is 22.0 Å². The van der Waals surface area contributed by atoms with Gasteiger partial charge in [0, 0.05) is 13.1 Å². The predicted octanol–water partition coefficient (Wildman–Crippen LogP) is 0.239. The molecule has 18 heavy (non-hydrogen) atoms. The first-order valence-electron chi connectivity index (χ1n) is 4.64. The van der Waals surface area contributed by atoms with Gasteiger partial charge in [-0.25, -0.2) is 13.1 Å². The molecule has 0 atom stereocenters. The van der Waals surface area contributed by atoms with Crippen LogP contribution in [-0.4, -0.2) is 45.3 Å². The third-order valence-corrected chi connectivity index (χ3v) is 3.13. The lowest BCUT2D eigenvalue weighted by molar-refractivity contribution is -0.269. The molecule has 0 heterocycles. The van der Waals surface area contributed by atoms with Gasteiger partial charge in [-0.15, -0.1) is 0 Å². The van der Waals surface area contributed by atoms with Gasteiger partial charge >= 0.3 is 12.1 Å². The van der Waals surface area contributed by atoms with Crippen molar-refractivity contribution in [1.82, 2.24) is 10.0 Å². The number of rotatable bonds is 6. The highest BCUT2D eigenvalue weighted by molar-refractivity contribution is 7.89. The molecule has 0 bridgehead atoms. The number of carbonyl (C=O) groups excluding carboxylic acids is 1. The number of sulfonamides is 1. The summed E-state index contributed by atoms with van der Waals surface area (Å²) < 4.78 is 83.9. The van der Waals surface area contributed by atoms with Gasteiger partial charge in [0.1, 0.15) is 0 Å². The van der Waals surface area contributed by atoms with Crippen LogP contribution in [0.3, 0.4) is 0 Å². The minimum absolute atomic E-state index is 0.0367. The summed E-state index contributed by atoms with van der Waals surface area (Å²) in [4.78, 5) is 10.6. The lowest BCUT2D eigenvalue weighted by Gasteiger charge is -2.18. The second-order valence-corrected chi connectivity index (χ2v) is 5.07. The smallest absolute Gasteiger partial charge is 0.349 e. The maximum absolute atomic E-state index is 12.4. The Morgan fingerprint density at radius 2 is 1.67 bits per heavy atom. The highest BCUT2D eigenvalue weighted by Crippen LogP contribution is 2.35. The Morgan fingerprint density at radius 3 is 2.06 bits per heavy atom. The average Bonchev–Trinajstić information content (AvgIpc) is 2.14. The first-order valence-corrected chi connectivity index (χ1v) is 6.29. The molecule has 0 spiro atoms. The molecule has 0 aliphatic heterocycles. The van der Waals surface area contributed by atoms with E-state index in [1.54, 1.807) is 0 Å². The van der Waals surface area contributed by atoms with Crippen LogP contribution in [-0.2, 0) is 14.8 Å². The van der Waals surface area contributed by atoms with Crippen LogP contribution in [0.25, 0.3) is 0 Å². The highest BCUT2D eigenvalue weighted by atomic mass is 32.2. The minimum Gasteiger partial charge on any atom is -0.349 e. The summed E-state index contributed by atoms with van der Waals surface area (Å²) in [5, 5.41) is 1.22. The average molecular weight is 298 g/mol. The van der Waals surface area contributed by atoms with Crippen LogP contribution in [0.1, 0.15) is 6.92 Å². The molecule has 0 saturated carbocycles. The molecule has 108 valence electrons. The summed E-state index contributed by atoms with van der Waals surface area (Å²) in [7, 11) is -3.80. The van der Waals surface area contributed by atoms with E-state index >= 15 is 0 Å². The largest absolute Gasteiger partial charge is 0.463 e. The van der Waals surface area contributed by atoms with Gasteiger partial charge in [0.15, 0.2) is 0 Å². The van der Waals surface area contributed by atoms with Crippen molar-refractivity contribution in [2.24, 2.45) is 0 Å². The normalized spacial score (nSPS) is 13.4. The third kappa shape index (κ3) is 4.72. The molecule has 0 fully saturated rings. The number of carbonyl (C=O) groups is 1. The fourth-order valence-electron chi connectivity index (χ4n) is 0.831. The number of amides is 1. The van der Waals surface area contributed by atoms with Gasteiger partial charge in [0.2, 0.25) is 10.0 Å². The molecular formula is C7H11F5N2O3S. The van der Waals surface area contributed by atoms with Gasteiger partial charge in [0.05, 0.1) is 5.75 Å². The summed E-state index contributed by atoms with van der Waals surface area (Å²) in [5.74, 6) is -8.92. The molecular weight excluding hydrogens is 287 g/mol. The van der Waals surface area contributed by atoms with Gasteiger partial charge in [-0.2, -0.15) is 22.0 Å². The fourth-order valence-corrected chi connectivity index (χ4v) is 1.79. The van der Waals surface area contributed by atoms with Crippen molar-refractivity contribution >= 4 is 15.9 Å². The third-order valence-electron chi connectivity index (χ3n) is 1.66. The molecule has 5 nitrogen and oxygen atoms in total. The van der Waals surface area contributed by atoms with Crippen molar-refractivity contribution in [2.45, 2.75) is 19.0 Å². The Morgan fingerprint density at radius 1 is 1.17 bits per heavy atom. The quantitative estimate of drug-likeness (QED) is 0.690. The van der Waals surface area contributed by atoms with Crippen LogP contribution in [0, 0.1) is 0 Å². The topological polar surface area (TPSA) is 75.3 Å². The van der Waals surface area contributed by atoms with E-state index in [0.29, 0.717) is 0 Å². The second kappa shape index (κ2) is 5.78. The number of hydrogen-bond donors (Lipinski definition) is 2. The molecule has 0 aromatic heterocycles. The number of halogens is 5. The number of hydrogen-bond acceptors (Lipinski definition) is 3. The first-order chi connectivity index (χ1) is 7.94. The van der Waals surface area contributed by atoms with Crippen LogP contribution in [0.5, 0.6) is 0 Å². The summed E-state index contributed by atoms with van der Waals surface area (Å²) >= 11 is 0. The van der Waals surface area contributed by atoms with Crippen molar-refractivity contribution in [3.8, 4) is 0 Å². The van der Waals surface area contributed by atoms with E-state index in [2.05, 4.69) is 0 Å². The Bertz CT molecular complexity index is 392. The van der Waals surface area contributed by atoms with Crippen LogP contribution in [0.2, 0.25) is 0 Å². The zero-order valence-corrected chi connectivity index (χ0v) is 9.96. The van der Waals surface area contributed by atoms with Crippen molar-refractivity contribution in [1.29, 1.82) is 0 Å². The zero-order chi connectivity index (χ0) is 14.6. The number of alkyl halides is 5. The van der Waals surface area contributed by atoms with Gasteiger partial charge in [-0.3, -0.25) is 4.79 Å². The minimum atomic E-state index is -6.02. The van der Waals surface area contributed by atoms with Gasteiger partial charge < -0.3 is 5.32 Å². The maximum atomic E-state index is 12.4. The van der Waals surface area contributed by atoms with E-state index in [4.69, 9.17) is 0 Å². The Kier molecular flexibility index (Phi) is 5.47. The van der Waals surface area contributed by atoms with Crippen LogP contribution >= 0.6 is 0 Å². The molecule has 0 aliphatic carbocycles. The predicted molar refractivity (Wildman–Crippen MR) is 51.5 cm³/mol. The molecule has 0 saturated heterocycles. The summed E-state index contributed by atoms with van der Waals surface area (Å²) in [5.41, 5.74) is 0. The van der Waals surface area contributed by atoms with Gasteiger partial charge in [-0.1, -0.05) is 6.92 Å². The molecule has 0 unspecified atom stereocenters. The fraction of sp³-hybridized carbons (Fsp3) is 0.857. The van der Waals surface area contributed by atoms with E-state index in [9.17, 15) is 35.2 Å². The molecule has 2 N–H and O–H groups in total. The van der Waals surface area contributed by atoms with Crippen molar-refractivity contribution in [3.63, 3.8) is 0 Å². The summed E-state index contributed by atoms with van der Waals surface area (Å²) in [6, 6.07) is 0. The van der Waals surface area contributed by atoms with E-state index in [1.807, 2.05) is 4.72 Å². The highest BCUT2D eigenvalue weighted by Gasteiger charge is 2.63. The molecule has 1 amide bonds. The maximum Gasteiger partial charge on any atom is 0.463 e. The van der Waals surface area contributed by atoms with Crippen LogP contribution in [0.15, 0.2) is 0 Å². The van der Waals surface area contributed by atoms with E-state index in [0.717, 1.165) is 0 Å². The SMILES string of the molecule is CCNS(=O)(=O)CCNC(=O)C(F)(F)C(F)(F)F. The van der Waals surface area contributed by atoms with Crippen LogP contribution < -0.4 is 10.0 Å². The lowest BCUT2D eigenvalue weighted by Crippen LogP contribution is -2.51. The van der Waals surface area contributed by atoms with E-state index in [-0.39, 0.29) is 6.54 Å². The molecule has 0 rings (SSSR count). The number of nitrogens with one attached hydrogen (secondary N) is 2. The van der Waals surface area contributed by atoms with E-state index < -0.39 is 40.3 Å². The standard InChI is InChI=1S/C7H11F5N2O3S/c1-2-14-18(16,17)4-3-13-5(15)6(8,9)7(10,11)12/h14H,2-4H2,1H3,(H,13,15). The first kappa shape index (κ1) is 17.0. The molecule has 0 aromatic rings. The molecule has 0 aliphatic rings. The Hall–Kier alpha value is -0.970. The monoisotopic (exact) mass is 298 g/mol. The van der Waals surface area contributed by atoms with Crippen molar-refractivity contribution < 1.29 is 35.2 Å².